The van der Waals surface area contributed by atoms with E-state index in [-0.39, 0.29) is 5.69 Å². The summed E-state index contributed by atoms with van der Waals surface area (Å²) < 4.78 is 39.4. The van der Waals surface area contributed by atoms with Gasteiger partial charge in [-0.2, -0.15) is 0 Å². The molecule has 1 aromatic carbocycles. The smallest absolute Gasteiger partial charge is 0.274 e. The van der Waals surface area contributed by atoms with Crippen LogP contribution in [0.2, 0.25) is 0 Å². The number of amides is 1. The van der Waals surface area contributed by atoms with Crippen LogP contribution in [0, 0.1) is 17.5 Å². The topological polar surface area (TPSA) is 54.0 Å². The van der Waals surface area contributed by atoms with E-state index in [0.717, 1.165) is 0 Å². The molecule has 2 N–H and O–H groups in total. The van der Waals surface area contributed by atoms with E-state index < -0.39 is 29.0 Å². The van der Waals surface area contributed by atoms with Crippen LogP contribution in [0.4, 0.5) is 24.5 Å². The first-order valence-corrected chi connectivity index (χ1v) is 5.61. The molecule has 0 aliphatic rings. The molecule has 0 bridgehead atoms. The molecule has 1 amide bonds. The fourth-order valence-corrected chi connectivity index (χ4v) is 1.51. The molecular weight excluding hydrogens is 271 g/mol. The molecular formula is C13H10F3N3O. The minimum Gasteiger partial charge on any atom is -0.387 e. The Morgan fingerprint density at radius 3 is 2.55 bits per heavy atom. The lowest BCUT2D eigenvalue weighted by molar-refractivity contribution is 0.102. The number of halogens is 3. The summed E-state index contributed by atoms with van der Waals surface area (Å²) in [7, 11) is 1.68. The maximum atomic E-state index is 13.4. The Morgan fingerprint density at radius 1 is 1.20 bits per heavy atom. The van der Waals surface area contributed by atoms with E-state index in [1.807, 2.05) is 0 Å². The fourth-order valence-electron chi connectivity index (χ4n) is 1.51. The van der Waals surface area contributed by atoms with Gasteiger partial charge in [0.25, 0.3) is 5.91 Å². The Bertz CT molecular complexity index is 644. The molecule has 1 aromatic heterocycles. The van der Waals surface area contributed by atoms with E-state index in [0.29, 0.717) is 17.8 Å². The summed E-state index contributed by atoms with van der Waals surface area (Å²) in [4.78, 5) is 15.6. The highest BCUT2D eigenvalue weighted by Crippen LogP contribution is 2.19. The number of nitrogens with one attached hydrogen (secondary N) is 2. The highest BCUT2D eigenvalue weighted by atomic mass is 19.2. The summed E-state index contributed by atoms with van der Waals surface area (Å²) in [6, 6.07) is 4.07. The number of aromatic nitrogens is 1. The van der Waals surface area contributed by atoms with Crippen LogP contribution in [0.1, 0.15) is 10.5 Å². The molecule has 2 rings (SSSR count). The number of hydrogen-bond donors (Lipinski definition) is 2. The molecule has 104 valence electrons. The summed E-state index contributed by atoms with van der Waals surface area (Å²) in [5, 5.41) is 4.88. The van der Waals surface area contributed by atoms with E-state index in [2.05, 4.69) is 15.6 Å². The average Bonchev–Trinajstić information content (AvgIpc) is 2.44. The number of carbonyl (C=O) groups excluding carboxylic acids is 1. The normalized spacial score (nSPS) is 10.2. The Hall–Kier alpha value is -2.57. The van der Waals surface area contributed by atoms with E-state index in [4.69, 9.17) is 0 Å². The predicted octanol–water partition coefficient (Wildman–Crippen LogP) is 2.79. The molecule has 0 unspecified atom stereocenters. The molecule has 2 aromatic rings. The lowest BCUT2D eigenvalue weighted by Gasteiger charge is -2.07. The first kappa shape index (κ1) is 13.9. The minimum atomic E-state index is -1.38. The van der Waals surface area contributed by atoms with Crippen LogP contribution in [0.3, 0.4) is 0 Å². The number of rotatable bonds is 3. The van der Waals surface area contributed by atoms with Crippen molar-refractivity contribution in [3.8, 4) is 0 Å². The molecule has 1 heterocycles. The highest BCUT2D eigenvalue weighted by molar-refractivity contribution is 6.03. The van der Waals surface area contributed by atoms with Crippen molar-refractivity contribution in [1.29, 1.82) is 0 Å². The van der Waals surface area contributed by atoms with E-state index >= 15 is 0 Å². The van der Waals surface area contributed by atoms with Crippen molar-refractivity contribution in [2.45, 2.75) is 0 Å². The van der Waals surface area contributed by atoms with Crippen molar-refractivity contribution in [2.75, 3.05) is 17.7 Å². The first-order chi connectivity index (χ1) is 9.51. The molecule has 0 aliphatic heterocycles. The van der Waals surface area contributed by atoms with Crippen LogP contribution in [0.25, 0.3) is 0 Å². The van der Waals surface area contributed by atoms with Crippen LogP contribution in [-0.4, -0.2) is 17.9 Å². The molecule has 0 fully saturated rings. The number of hydrogen-bond acceptors (Lipinski definition) is 3. The second kappa shape index (κ2) is 5.60. The molecule has 20 heavy (non-hydrogen) atoms. The summed E-state index contributed by atoms with van der Waals surface area (Å²) in [6.45, 7) is 0. The summed E-state index contributed by atoms with van der Waals surface area (Å²) in [5.41, 5.74) is 0.101. The highest BCUT2D eigenvalue weighted by Gasteiger charge is 2.15. The number of anilines is 2. The van der Waals surface area contributed by atoms with Crippen molar-refractivity contribution < 1.29 is 18.0 Å². The van der Waals surface area contributed by atoms with E-state index in [1.54, 1.807) is 13.1 Å². The lowest BCUT2D eigenvalue weighted by atomic mass is 10.2. The quantitative estimate of drug-likeness (QED) is 0.851. The second-order valence-corrected chi connectivity index (χ2v) is 3.89. The third-order valence-corrected chi connectivity index (χ3v) is 2.53. The molecule has 4 nitrogen and oxygen atoms in total. The third kappa shape index (κ3) is 2.87. The minimum absolute atomic E-state index is 0.00642. The Morgan fingerprint density at radius 2 is 1.95 bits per heavy atom. The molecule has 0 radical (unpaired) electrons. The van der Waals surface area contributed by atoms with Crippen molar-refractivity contribution in [1.82, 2.24) is 4.98 Å². The zero-order chi connectivity index (χ0) is 14.7. The number of carbonyl (C=O) groups is 1. The van der Waals surface area contributed by atoms with Gasteiger partial charge in [-0.1, -0.05) is 0 Å². The molecule has 0 saturated carbocycles. The predicted molar refractivity (Wildman–Crippen MR) is 68.1 cm³/mol. The van der Waals surface area contributed by atoms with Gasteiger partial charge in [-0.25, -0.2) is 18.2 Å². The van der Waals surface area contributed by atoms with Gasteiger partial charge in [0.15, 0.2) is 11.6 Å². The Labute approximate surface area is 112 Å². The maximum absolute atomic E-state index is 13.4. The van der Waals surface area contributed by atoms with Crippen LogP contribution in [0.15, 0.2) is 30.5 Å². The van der Waals surface area contributed by atoms with Gasteiger partial charge in [0.05, 0.1) is 17.6 Å². The maximum Gasteiger partial charge on any atom is 0.274 e. The third-order valence-electron chi connectivity index (χ3n) is 2.53. The molecule has 0 aliphatic carbocycles. The Balaban J connectivity index is 2.23. The lowest BCUT2D eigenvalue weighted by Crippen LogP contribution is -2.15. The van der Waals surface area contributed by atoms with Gasteiger partial charge in [-0.15, -0.1) is 0 Å². The van der Waals surface area contributed by atoms with Crippen LogP contribution >= 0.6 is 0 Å². The average molecular weight is 281 g/mol. The summed E-state index contributed by atoms with van der Waals surface area (Å²) >= 11 is 0. The molecule has 0 saturated heterocycles. The van der Waals surface area contributed by atoms with Gasteiger partial charge in [-0.3, -0.25) is 4.79 Å². The second-order valence-electron chi connectivity index (χ2n) is 3.89. The Kier molecular flexibility index (Phi) is 3.88. The van der Waals surface area contributed by atoms with Crippen molar-refractivity contribution in [3.63, 3.8) is 0 Å². The molecule has 7 heteroatoms. The van der Waals surface area contributed by atoms with Gasteiger partial charge >= 0.3 is 0 Å². The van der Waals surface area contributed by atoms with E-state index in [1.165, 1.54) is 12.3 Å². The molecule has 0 atom stereocenters. The van der Waals surface area contributed by atoms with Crippen LogP contribution < -0.4 is 10.6 Å². The fraction of sp³-hybridized carbons (Fsp3) is 0.0769. The van der Waals surface area contributed by atoms with Crippen molar-refractivity contribution in [3.05, 3.63) is 53.6 Å². The summed E-state index contributed by atoms with van der Waals surface area (Å²) in [5.74, 6) is -4.46. The monoisotopic (exact) mass is 281 g/mol. The van der Waals surface area contributed by atoms with Gasteiger partial charge in [0.1, 0.15) is 11.5 Å². The first-order valence-electron chi connectivity index (χ1n) is 5.61. The van der Waals surface area contributed by atoms with Crippen LogP contribution in [-0.2, 0) is 0 Å². The molecule has 0 spiro atoms. The van der Waals surface area contributed by atoms with Crippen molar-refractivity contribution in [2.24, 2.45) is 0 Å². The van der Waals surface area contributed by atoms with Gasteiger partial charge < -0.3 is 10.6 Å². The van der Waals surface area contributed by atoms with E-state index in [9.17, 15) is 18.0 Å². The zero-order valence-electron chi connectivity index (χ0n) is 10.4. The van der Waals surface area contributed by atoms with Gasteiger partial charge in [0, 0.05) is 19.2 Å². The number of benzene rings is 1. The van der Waals surface area contributed by atoms with Gasteiger partial charge in [-0.05, 0) is 12.1 Å². The van der Waals surface area contributed by atoms with Crippen molar-refractivity contribution >= 4 is 17.3 Å². The van der Waals surface area contributed by atoms with Crippen LogP contribution in [0.5, 0.6) is 0 Å². The number of nitrogens with zero attached hydrogens (tertiary/aromatic N) is 1. The standard InChI is InChI=1S/C13H10F3N3O/c1-17-8-2-3-10(18-6-8)13(20)19-11-5-7(14)4-9(15)12(11)16/h2-6,17H,1H3,(H,19,20). The summed E-state index contributed by atoms with van der Waals surface area (Å²) in [6.07, 6.45) is 1.40. The SMILES string of the molecule is CNc1ccc(C(=O)Nc2cc(F)cc(F)c2F)nc1. The number of pyridine rings is 1. The van der Waals surface area contributed by atoms with Gasteiger partial charge in [0.2, 0.25) is 0 Å². The largest absolute Gasteiger partial charge is 0.387 e. The zero-order valence-corrected chi connectivity index (χ0v) is 10.4.